The van der Waals surface area contributed by atoms with Crippen LogP contribution in [0.3, 0.4) is 0 Å². The highest BCUT2D eigenvalue weighted by molar-refractivity contribution is 6.03. The number of carbonyl (C=O) groups excluding carboxylic acids is 5. The van der Waals surface area contributed by atoms with Crippen molar-refractivity contribution in [2.24, 2.45) is 10.8 Å². The van der Waals surface area contributed by atoms with E-state index in [1.165, 1.54) is 0 Å². The molecule has 2 rings (SSSR count). The average Bonchev–Trinajstić information content (AvgIpc) is 3.19. The molecule has 0 aromatic carbocycles. The molecule has 0 fully saturated rings. The van der Waals surface area contributed by atoms with Crippen LogP contribution in [0.4, 0.5) is 0 Å². The van der Waals surface area contributed by atoms with Gasteiger partial charge in [0, 0.05) is 19.3 Å². The summed E-state index contributed by atoms with van der Waals surface area (Å²) in [5.74, 6) is -8.43. The van der Waals surface area contributed by atoms with E-state index >= 15 is 0 Å². The fraction of sp³-hybridized carbons (Fsp3) is 0.423. The maximum atomic E-state index is 13.2. The second-order valence-electron chi connectivity index (χ2n) is 18.3. The number of aldehydes is 1. The van der Waals surface area contributed by atoms with Gasteiger partial charge in [-0.25, -0.2) is 9.59 Å². The highest BCUT2D eigenvalue weighted by Gasteiger charge is 2.45. The minimum atomic E-state index is -2.87. The van der Waals surface area contributed by atoms with Gasteiger partial charge < -0.3 is 39.8 Å². The number of carbonyl (C=O) groups is 8. The van der Waals surface area contributed by atoms with Crippen LogP contribution in [0, 0.1) is 10.8 Å². The van der Waals surface area contributed by atoms with Gasteiger partial charge in [0.25, 0.3) is 0 Å². The number of Topliss-reactive ketones (excluding diaryl/α,β-unsaturated/α-hetero) is 2. The molecule has 0 aliphatic heterocycles. The molecule has 0 bridgehead atoms. The van der Waals surface area contributed by atoms with E-state index in [4.69, 9.17) is 14.6 Å². The number of aliphatic carboxylic acids is 3. The number of ketones is 2. The lowest BCUT2D eigenvalue weighted by Crippen LogP contribution is -2.45. The summed E-state index contributed by atoms with van der Waals surface area (Å²) >= 11 is 0. The van der Waals surface area contributed by atoms with Gasteiger partial charge in [0.05, 0.1) is 19.3 Å². The Bertz CT molecular complexity index is 2330. The molecule has 2 aliphatic rings. The standard InChI is InChI=1S/C52H64O15/c1-32(17-13-19-34(3)21-23-38-36(5)45(58)40(27-49(38,7)8)66-43(56)30-51(64,25-26-53)47(60)61)15-11-12-16-33(2)18-14-20-35(4)22-24-39-37(6)46(59)41(28-50(39,9)10)67-44(57)31-52(65,48(62)63)29-42(54)55/h11-24,26,40-41,64-65H,25,27-31H2,1-10H3,(H,54,55)(H,60,61)(H,62,63)/b12-11+,17-13+,18-14+,23-21+,24-22+,32-15+,33-16+,34-19+,35-20+. The van der Waals surface area contributed by atoms with Crippen molar-refractivity contribution in [2.75, 3.05) is 0 Å². The second kappa shape index (κ2) is 24.3. The van der Waals surface area contributed by atoms with Crippen LogP contribution < -0.4 is 0 Å². The summed E-state index contributed by atoms with van der Waals surface area (Å²) in [6, 6.07) is 0. The number of ether oxygens (including phenoxy) is 2. The third-order valence-corrected chi connectivity index (χ3v) is 11.4. The molecule has 362 valence electrons. The van der Waals surface area contributed by atoms with Crippen LogP contribution >= 0.6 is 0 Å². The van der Waals surface area contributed by atoms with Crippen molar-refractivity contribution in [3.63, 3.8) is 0 Å². The van der Waals surface area contributed by atoms with Gasteiger partial charge in [-0.1, -0.05) is 135 Å². The molecule has 15 nitrogen and oxygen atoms in total. The molecular weight excluding hydrogens is 865 g/mol. The smallest absolute Gasteiger partial charge is 0.336 e. The molecule has 0 heterocycles. The number of rotatable bonds is 22. The van der Waals surface area contributed by atoms with Crippen LogP contribution in [0.25, 0.3) is 0 Å². The number of hydrogen-bond donors (Lipinski definition) is 5. The van der Waals surface area contributed by atoms with Crippen molar-refractivity contribution in [3.8, 4) is 0 Å². The molecule has 0 amide bonds. The second-order valence-corrected chi connectivity index (χ2v) is 18.3. The summed E-state index contributed by atoms with van der Waals surface area (Å²) in [5.41, 5.74) is -0.661. The van der Waals surface area contributed by atoms with Crippen LogP contribution in [-0.2, 0) is 47.8 Å². The van der Waals surface area contributed by atoms with Gasteiger partial charge in [0.2, 0.25) is 0 Å². The number of hydrogen-bond acceptors (Lipinski definition) is 12. The van der Waals surface area contributed by atoms with Gasteiger partial charge in [0.15, 0.2) is 35.0 Å². The van der Waals surface area contributed by atoms with Gasteiger partial charge in [0.1, 0.15) is 6.29 Å². The third-order valence-electron chi connectivity index (χ3n) is 11.4. The quantitative estimate of drug-likeness (QED) is 0.0401. The number of esters is 2. The van der Waals surface area contributed by atoms with Gasteiger partial charge in [-0.15, -0.1) is 0 Å². The molecule has 0 spiro atoms. The van der Waals surface area contributed by atoms with E-state index in [9.17, 15) is 58.8 Å². The molecule has 0 saturated heterocycles. The lowest BCUT2D eigenvalue weighted by Gasteiger charge is -2.36. The SMILES string of the molecule is CC1=C(/C=C/C(C)=C/C=C/C(C)=C/C=C/C=C(C)/C=C/C=C(C)/C=C/C2=C(C)C(=O)C(OC(=O)CC(O)(CC(=O)O)C(=O)O)CC2(C)C)C(C)(C)CC(OC(=O)CC(O)(CC=O)C(=O)O)C1=O. The van der Waals surface area contributed by atoms with Crippen LogP contribution in [-0.4, -0.2) is 96.6 Å². The summed E-state index contributed by atoms with van der Waals surface area (Å²) in [4.78, 5) is 96.1. The van der Waals surface area contributed by atoms with E-state index in [1.54, 1.807) is 13.8 Å². The Morgan fingerprint density at radius 3 is 1.27 bits per heavy atom. The zero-order chi connectivity index (χ0) is 51.1. The molecule has 0 aromatic heterocycles. The van der Waals surface area contributed by atoms with Crippen LogP contribution in [0.2, 0.25) is 0 Å². The largest absolute Gasteiger partial charge is 0.481 e. The van der Waals surface area contributed by atoms with Crippen molar-refractivity contribution < 1.29 is 73.4 Å². The Balaban J connectivity index is 2.02. The first-order valence-electron chi connectivity index (χ1n) is 21.5. The lowest BCUT2D eigenvalue weighted by molar-refractivity contribution is -0.174. The molecular formula is C52H64O15. The summed E-state index contributed by atoms with van der Waals surface area (Å²) in [5, 5.41) is 47.9. The Labute approximate surface area is 391 Å². The third kappa shape index (κ3) is 17.0. The first-order chi connectivity index (χ1) is 31.0. The van der Waals surface area contributed by atoms with E-state index in [0.29, 0.717) is 11.1 Å². The molecule has 0 radical (unpaired) electrons. The van der Waals surface area contributed by atoms with Gasteiger partial charge in [-0.3, -0.25) is 24.0 Å². The Morgan fingerprint density at radius 1 is 0.582 bits per heavy atom. The van der Waals surface area contributed by atoms with Crippen molar-refractivity contribution in [2.45, 2.75) is 131 Å². The van der Waals surface area contributed by atoms with Crippen molar-refractivity contribution in [1.29, 1.82) is 0 Å². The predicted octanol–water partition coefficient (Wildman–Crippen LogP) is 7.48. The number of aliphatic hydroxyl groups is 2. The highest BCUT2D eigenvalue weighted by Crippen LogP contribution is 2.42. The Morgan fingerprint density at radius 2 is 0.925 bits per heavy atom. The summed E-state index contributed by atoms with van der Waals surface area (Å²) < 4.78 is 10.6. The first-order valence-corrected chi connectivity index (χ1v) is 21.5. The molecule has 67 heavy (non-hydrogen) atoms. The molecule has 4 atom stereocenters. The minimum absolute atomic E-state index is 0.0944. The fourth-order valence-corrected chi connectivity index (χ4v) is 7.47. The monoisotopic (exact) mass is 928 g/mol. The molecule has 15 heteroatoms. The minimum Gasteiger partial charge on any atom is -0.481 e. The highest BCUT2D eigenvalue weighted by atomic mass is 16.6. The van der Waals surface area contributed by atoms with Crippen molar-refractivity contribution in [1.82, 2.24) is 0 Å². The Hall–Kier alpha value is -6.58. The maximum Gasteiger partial charge on any atom is 0.336 e. The fourth-order valence-electron chi connectivity index (χ4n) is 7.47. The number of allylic oxidation sites excluding steroid dienone is 20. The van der Waals surface area contributed by atoms with E-state index in [-0.39, 0.29) is 19.1 Å². The topological polar surface area (TPSA) is 256 Å². The zero-order valence-electron chi connectivity index (χ0n) is 39.9. The van der Waals surface area contributed by atoms with E-state index in [1.807, 2.05) is 140 Å². The number of carboxylic acids is 3. The summed E-state index contributed by atoms with van der Waals surface area (Å²) in [6.07, 6.45) is 20.6. The van der Waals surface area contributed by atoms with Crippen molar-refractivity contribution >= 4 is 47.7 Å². The van der Waals surface area contributed by atoms with Gasteiger partial charge in [-0.05, 0) is 74.7 Å². The summed E-state index contributed by atoms with van der Waals surface area (Å²) in [6.45, 7) is 18.5. The summed E-state index contributed by atoms with van der Waals surface area (Å²) in [7, 11) is 0. The molecule has 5 N–H and O–H groups in total. The maximum absolute atomic E-state index is 13.2. The Kier molecular flexibility index (Phi) is 20.5. The normalized spacial score (nSPS) is 21.7. The van der Waals surface area contributed by atoms with E-state index < -0.39 is 101 Å². The molecule has 4 unspecified atom stereocenters. The molecule has 2 aliphatic carbocycles. The van der Waals surface area contributed by atoms with Crippen molar-refractivity contribution in [3.05, 3.63) is 130 Å². The van der Waals surface area contributed by atoms with Crippen LogP contribution in [0.5, 0.6) is 0 Å². The van der Waals surface area contributed by atoms with Gasteiger partial charge >= 0.3 is 29.8 Å². The first kappa shape index (κ1) is 56.5. The number of carboxylic acid groups (broad SMARTS) is 3. The predicted molar refractivity (Wildman–Crippen MR) is 250 cm³/mol. The zero-order valence-corrected chi connectivity index (χ0v) is 39.9. The van der Waals surface area contributed by atoms with Crippen LogP contribution in [0.15, 0.2) is 130 Å². The lowest BCUT2D eigenvalue weighted by atomic mass is 9.71. The molecule has 0 saturated carbocycles. The van der Waals surface area contributed by atoms with Crippen LogP contribution in [0.1, 0.15) is 108 Å². The van der Waals surface area contributed by atoms with E-state index in [2.05, 4.69) is 0 Å². The molecule has 0 aromatic rings. The average molecular weight is 929 g/mol. The van der Waals surface area contributed by atoms with E-state index in [0.717, 1.165) is 33.4 Å². The van der Waals surface area contributed by atoms with Gasteiger partial charge in [-0.2, -0.15) is 0 Å².